The van der Waals surface area contributed by atoms with Gasteiger partial charge in [0.25, 0.3) is 5.91 Å². The van der Waals surface area contributed by atoms with E-state index in [1.165, 1.54) is 4.90 Å². The molecule has 0 saturated carbocycles. The van der Waals surface area contributed by atoms with E-state index in [-0.39, 0.29) is 18.4 Å². The number of anilines is 1. The van der Waals surface area contributed by atoms with E-state index < -0.39 is 6.10 Å². The highest BCUT2D eigenvalue weighted by atomic mass is 35.5. The molecule has 0 fully saturated rings. The monoisotopic (exact) mass is 388 g/mol. The third-order valence-electron chi connectivity index (χ3n) is 4.17. The molecule has 0 unspecified atom stereocenters. The van der Waals surface area contributed by atoms with E-state index in [9.17, 15) is 9.59 Å². The molecular weight excluding hydrogens is 364 g/mol. The maximum absolute atomic E-state index is 12.5. The van der Waals surface area contributed by atoms with Gasteiger partial charge in [-0.2, -0.15) is 0 Å². The van der Waals surface area contributed by atoms with Crippen molar-refractivity contribution in [3.8, 4) is 5.75 Å². The minimum atomic E-state index is -0.716. The largest absolute Gasteiger partial charge is 0.481 e. The summed E-state index contributed by atoms with van der Waals surface area (Å²) in [6.45, 7) is 7.51. The number of nitrogens with one attached hydrogen (secondary N) is 1. The zero-order valence-corrected chi connectivity index (χ0v) is 17.1. The molecule has 2 aromatic rings. The van der Waals surface area contributed by atoms with Crippen molar-refractivity contribution < 1.29 is 14.3 Å². The van der Waals surface area contributed by atoms with Crippen LogP contribution in [0.15, 0.2) is 36.4 Å². The molecule has 0 saturated heterocycles. The van der Waals surface area contributed by atoms with Crippen molar-refractivity contribution in [2.75, 3.05) is 18.9 Å². The van der Waals surface area contributed by atoms with Crippen LogP contribution in [0, 0.1) is 20.8 Å². The van der Waals surface area contributed by atoms with Gasteiger partial charge in [-0.3, -0.25) is 9.59 Å². The Hall–Kier alpha value is -2.53. The Kier molecular flexibility index (Phi) is 6.86. The van der Waals surface area contributed by atoms with Crippen molar-refractivity contribution >= 4 is 29.1 Å². The van der Waals surface area contributed by atoms with Gasteiger partial charge in [-0.25, -0.2) is 0 Å². The first-order valence-electron chi connectivity index (χ1n) is 8.72. The molecule has 6 heteroatoms. The molecule has 0 spiro atoms. The van der Waals surface area contributed by atoms with E-state index in [1.807, 2.05) is 32.9 Å². The van der Waals surface area contributed by atoms with Gasteiger partial charge >= 0.3 is 0 Å². The first-order chi connectivity index (χ1) is 12.7. The van der Waals surface area contributed by atoms with Gasteiger partial charge in [0, 0.05) is 17.8 Å². The van der Waals surface area contributed by atoms with Gasteiger partial charge in [-0.05, 0) is 63.1 Å². The summed E-state index contributed by atoms with van der Waals surface area (Å²) in [5.74, 6) is 0.0149. The number of rotatable bonds is 6. The fourth-order valence-corrected chi connectivity index (χ4v) is 3.05. The molecule has 0 aromatic heterocycles. The van der Waals surface area contributed by atoms with Crippen LogP contribution in [0.1, 0.15) is 23.6 Å². The van der Waals surface area contributed by atoms with E-state index in [4.69, 9.17) is 16.3 Å². The number of halogens is 1. The van der Waals surface area contributed by atoms with E-state index >= 15 is 0 Å². The molecule has 0 aliphatic carbocycles. The molecule has 0 radical (unpaired) electrons. The van der Waals surface area contributed by atoms with Crippen LogP contribution in [0.3, 0.4) is 0 Å². The summed E-state index contributed by atoms with van der Waals surface area (Å²) >= 11 is 5.84. The summed E-state index contributed by atoms with van der Waals surface area (Å²) < 4.78 is 5.62. The number of hydrogen-bond acceptors (Lipinski definition) is 3. The van der Waals surface area contributed by atoms with Crippen molar-refractivity contribution in [1.29, 1.82) is 0 Å². The molecular formula is C21H25ClN2O3. The molecule has 0 aliphatic heterocycles. The first-order valence-corrected chi connectivity index (χ1v) is 9.10. The summed E-state index contributed by atoms with van der Waals surface area (Å²) in [5, 5.41) is 3.49. The Morgan fingerprint density at radius 2 is 1.67 bits per heavy atom. The average Bonchev–Trinajstić information content (AvgIpc) is 2.59. The Morgan fingerprint density at radius 3 is 2.22 bits per heavy atom. The second-order valence-electron chi connectivity index (χ2n) is 6.73. The van der Waals surface area contributed by atoms with Gasteiger partial charge < -0.3 is 15.0 Å². The molecule has 1 atom stereocenters. The highest BCUT2D eigenvalue weighted by Gasteiger charge is 2.21. The fraction of sp³-hybridized carbons (Fsp3) is 0.333. The van der Waals surface area contributed by atoms with Crippen LogP contribution in [-0.2, 0) is 9.59 Å². The summed E-state index contributed by atoms with van der Waals surface area (Å²) in [6.07, 6.45) is -0.716. The lowest BCUT2D eigenvalue weighted by molar-refractivity contribution is -0.139. The molecule has 2 aromatic carbocycles. The summed E-state index contributed by atoms with van der Waals surface area (Å²) in [6, 6.07) is 10.8. The fourth-order valence-electron chi connectivity index (χ4n) is 2.93. The quantitative estimate of drug-likeness (QED) is 0.809. The average molecular weight is 389 g/mol. The highest BCUT2D eigenvalue weighted by Crippen LogP contribution is 2.22. The zero-order chi connectivity index (χ0) is 20.1. The smallest absolute Gasteiger partial charge is 0.263 e. The lowest BCUT2D eigenvalue weighted by Gasteiger charge is -2.22. The number of benzene rings is 2. The maximum Gasteiger partial charge on any atom is 0.263 e. The third kappa shape index (κ3) is 5.73. The van der Waals surface area contributed by atoms with Crippen LogP contribution in [0.5, 0.6) is 5.75 Å². The number of ether oxygens (including phenoxy) is 1. The SMILES string of the molecule is Cc1cc(C)c(NC(=O)CN(C)C(=O)[C@H](C)Oc2ccc(Cl)cc2)c(C)c1. The second kappa shape index (κ2) is 8.91. The number of nitrogens with zero attached hydrogens (tertiary/aromatic N) is 1. The normalized spacial score (nSPS) is 11.6. The second-order valence-corrected chi connectivity index (χ2v) is 7.17. The van der Waals surface area contributed by atoms with Gasteiger partial charge in [0.1, 0.15) is 5.75 Å². The van der Waals surface area contributed by atoms with Gasteiger partial charge in [0.05, 0.1) is 6.54 Å². The van der Waals surface area contributed by atoms with Crippen molar-refractivity contribution in [3.05, 3.63) is 58.1 Å². The summed E-state index contributed by atoms with van der Waals surface area (Å²) in [5.41, 5.74) is 3.92. The van der Waals surface area contributed by atoms with E-state index in [1.54, 1.807) is 38.2 Å². The Balaban J connectivity index is 1.95. The number of carbonyl (C=O) groups excluding carboxylic acids is 2. The molecule has 144 valence electrons. The van der Waals surface area contributed by atoms with Gasteiger partial charge in [0.15, 0.2) is 6.10 Å². The van der Waals surface area contributed by atoms with Crippen LogP contribution < -0.4 is 10.1 Å². The standard InChI is InChI=1S/C21H25ClN2O3/c1-13-10-14(2)20(15(3)11-13)23-19(25)12-24(5)21(26)16(4)27-18-8-6-17(22)7-9-18/h6-11,16H,12H2,1-5H3,(H,23,25)/t16-/m0/s1. The minimum Gasteiger partial charge on any atom is -0.481 e. The van der Waals surface area contributed by atoms with E-state index in [0.717, 1.165) is 22.4 Å². The predicted octanol–water partition coefficient (Wildman–Crippen LogP) is 4.13. The molecule has 0 bridgehead atoms. The predicted molar refractivity (Wildman–Crippen MR) is 108 cm³/mol. The molecule has 2 rings (SSSR count). The van der Waals surface area contributed by atoms with Crippen molar-refractivity contribution in [3.63, 3.8) is 0 Å². The molecule has 1 N–H and O–H groups in total. The number of likely N-dealkylation sites (N-methyl/N-ethyl adjacent to an activating group) is 1. The van der Waals surface area contributed by atoms with E-state index in [2.05, 4.69) is 5.32 Å². The summed E-state index contributed by atoms with van der Waals surface area (Å²) in [4.78, 5) is 26.2. The Bertz CT molecular complexity index is 811. The molecule has 0 aliphatic rings. The summed E-state index contributed by atoms with van der Waals surface area (Å²) in [7, 11) is 1.58. The maximum atomic E-state index is 12.5. The lowest BCUT2D eigenvalue weighted by Crippen LogP contribution is -2.42. The number of carbonyl (C=O) groups is 2. The van der Waals surface area contributed by atoms with Crippen LogP contribution in [0.4, 0.5) is 5.69 Å². The molecule has 0 heterocycles. The van der Waals surface area contributed by atoms with Gasteiger partial charge in [0.2, 0.25) is 5.91 Å². The number of amides is 2. The Labute approximate surface area is 165 Å². The van der Waals surface area contributed by atoms with E-state index in [0.29, 0.717) is 10.8 Å². The zero-order valence-electron chi connectivity index (χ0n) is 16.3. The number of aryl methyl sites for hydroxylation is 3. The molecule has 2 amide bonds. The van der Waals surface area contributed by atoms with Crippen LogP contribution in [0.25, 0.3) is 0 Å². The van der Waals surface area contributed by atoms with Crippen LogP contribution in [-0.4, -0.2) is 36.4 Å². The van der Waals surface area contributed by atoms with Gasteiger partial charge in [-0.1, -0.05) is 29.3 Å². The van der Waals surface area contributed by atoms with Crippen LogP contribution >= 0.6 is 11.6 Å². The van der Waals surface area contributed by atoms with Crippen molar-refractivity contribution in [2.45, 2.75) is 33.8 Å². The van der Waals surface area contributed by atoms with Gasteiger partial charge in [-0.15, -0.1) is 0 Å². The topological polar surface area (TPSA) is 58.6 Å². The van der Waals surface area contributed by atoms with Crippen molar-refractivity contribution in [2.24, 2.45) is 0 Å². The number of hydrogen-bond donors (Lipinski definition) is 1. The first kappa shape index (κ1) is 20.8. The van der Waals surface area contributed by atoms with Crippen LogP contribution in [0.2, 0.25) is 5.02 Å². The highest BCUT2D eigenvalue weighted by molar-refractivity contribution is 6.30. The molecule has 27 heavy (non-hydrogen) atoms. The Morgan fingerprint density at radius 1 is 1.11 bits per heavy atom. The third-order valence-corrected chi connectivity index (χ3v) is 4.42. The van der Waals surface area contributed by atoms with Crippen molar-refractivity contribution in [1.82, 2.24) is 4.90 Å². The minimum absolute atomic E-state index is 0.0556. The lowest BCUT2D eigenvalue weighted by atomic mass is 10.1. The molecule has 5 nitrogen and oxygen atoms in total.